The van der Waals surface area contributed by atoms with Gasteiger partial charge in [0, 0.05) is 12.1 Å². The van der Waals surface area contributed by atoms with E-state index in [1.165, 1.54) is 0 Å². The minimum atomic E-state index is 0.262. The second-order valence-electron chi connectivity index (χ2n) is 3.42. The Balaban J connectivity index is 2.00. The van der Waals surface area contributed by atoms with Crippen LogP contribution < -0.4 is 15.2 Å². The van der Waals surface area contributed by atoms with E-state index in [0.29, 0.717) is 18.2 Å². The van der Waals surface area contributed by atoms with Gasteiger partial charge in [-0.1, -0.05) is 0 Å². The minimum absolute atomic E-state index is 0.262. The Morgan fingerprint density at radius 3 is 2.94 bits per heavy atom. The highest BCUT2D eigenvalue weighted by Crippen LogP contribution is 2.35. The highest BCUT2D eigenvalue weighted by atomic mass is 16.7. The molecule has 1 aliphatic heterocycles. The molecule has 1 aliphatic rings. The van der Waals surface area contributed by atoms with Crippen molar-refractivity contribution < 1.29 is 13.9 Å². The Bertz CT molecular complexity index is 522. The fourth-order valence-corrected chi connectivity index (χ4v) is 1.56. The molecule has 5 heteroatoms. The first-order valence-corrected chi connectivity index (χ1v) is 4.91. The zero-order valence-corrected chi connectivity index (χ0v) is 8.47. The summed E-state index contributed by atoms with van der Waals surface area (Å²) in [6.45, 7) is 0.631. The summed E-state index contributed by atoms with van der Waals surface area (Å²) >= 11 is 0. The second-order valence-corrected chi connectivity index (χ2v) is 3.42. The van der Waals surface area contributed by atoms with E-state index in [0.717, 1.165) is 17.0 Å². The topological polar surface area (TPSA) is 70.5 Å². The molecule has 0 aliphatic carbocycles. The predicted molar refractivity (Wildman–Crippen MR) is 56.0 cm³/mol. The van der Waals surface area contributed by atoms with Crippen molar-refractivity contribution in [2.75, 3.05) is 6.79 Å². The maximum atomic E-state index is 5.46. The average molecular weight is 218 g/mol. The van der Waals surface area contributed by atoms with Gasteiger partial charge < -0.3 is 19.6 Å². The lowest BCUT2D eigenvalue weighted by atomic mass is 10.2. The van der Waals surface area contributed by atoms with Crippen LogP contribution in [0.4, 0.5) is 0 Å². The molecule has 0 spiro atoms. The molecule has 0 fully saturated rings. The Morgan fingerprint density at radius 2 is 2.12 bits per heavy atom. The van der Waals surface area contributed by atoms with Crippen molar-refractivity contribution in [3.63, 3.8) is 0 Å². The first kappa shape index (κ1) is 9.23. The Kier molecular flexibility index (Phi) is 2.04. The van der Waals surface area contributed by atoms with Crippen LogP contribution in [-0.4, -0.2) is 11.8 Å². The van der Waals surface area contributed by atoms with Crippen LogP contribution in [0, 0.1) is 0 Å². The van der Waals surface area contributed by atoms with Crippen LogP contribution in [-0.2, 0) is 6.54 Å². The summed E-state index contributed by atoms with van der Waals surface area (Å²) in [7, 11) is 0. The molecule has 0 radical (unpaired) electrons. The molecule has 1 aromatic heterocycles. The first-order chi connectivity index (χ1) is 7.86. The van der Waals surface area contributed by atoms with Gasteiger partial charge in [-0.05, 0) is 18.2 Å². The summed E-state index contributed by atoms with van der Waals surface area (Å²) in [5, 5.41) is 0. The molecule has 2 N–H and O–H groups in total. The summed E-state index contributed by atoms with van der Waals surface area (Å²) in [5.74, 6) is 2.00. The highest BCUT2D eigenvalue weighted by molar-refractivity contribution is 5.60. The monoisotopic (exact) mass is 218 g/mol. The summed E-state index contributed by atoms with van der Waals surface area (Å²) in [4.78, 5) is 4.24. The number of benzene rings is 1. The van der Waals surface area contributed by atoms with Crippen LogP contribution in [0.5, 0.6) is 11.5 Å². The van der Waals surface area contributed by atoms with Gasteiger partial charge >= 0.3 is 0 Å². The van der Waals surface area contributed by atoms with Gasteiger partial charge in [-0.3, -0.25) is 0 Å². The Labute approximate surface area is 91.8 Å². The van der Waals surface area contributed by atoms with Gasteiger partial charge in [-0.15, -0.1) is 0 Å². The van der Waals surface area contributed by atoms with Crippen molar-refractivity contribution in [3.8, 4) is 23.0 Å². The lowest BCUT2D eigenvalue weighted by Crippen LogP contribution is -1.95. The van der Waals surface area contributed by atoms with Gasteiger partial charge in [0.1, 0.15) is 6.26 Å². The number of rotatable bonds is 2. The fraction of sp³-hybridized carbons (Fsp3) is 0.182. The number of nitrogens with zero attached hydrogens (tertiary/aromatic N) is 1. The molecule has 0 unspecified atom stereocenters. The van der Waals surface area contributed by atoms with Crippen molar-refractivity contribution in [1.82, 2.24) is 4.98 Å². The molecule has 1 aromatic carbocycles. The maximum absolute atomic E-state index is 5.46. The third-order valence-electron chi connectivity index (χ3n) is 2.38. The number of ether oxygens (including phenoxy) is 2. The lowest BCUT2D eigenvalue weighted by molar-refractivity contribution is 0.174. The standard InChI is InChI=1S/C11H10N2O3/c12-4-8-5-14-11(13-8)7-1-2-9-10(3-7)16-6-15-9/h1-3,5H,4,6,12H2. The Morgan fingerprint density at radius 1 is 1.25 bits per heavy atom. The zero-order valence-electron chi connectivity index (χ0n) is 8.47. The summed E-state index contributed by atoms with van der Waals surface area (Å²) in [5.41, 5.74) is 7.04. The normalized spacial score (nSPS) is 13.1. The number of oxazole rings is 1. The zero-order chi connectivity index (χ0) is 11.0. The van der Waals surface area contributed by atoms with E-state index in [9.17, 15) is 0 Å². The van der Waals surface area contributed by atoms with Crippen molar-refractivity contribution in [2.24, 2.45) is 5.73 Å². The number of nitrogens with two attached hydrogens (primary N) is 1. The molecule has 3 rings (SSSR count). The summed E-state index contributed by atoms with van der Waals surface area (Å²) in [6, 6.07) is 5.55. The second kappa shape index (κ2) is 3.53. The number of hydrogen-bond donors (Lipinski definition) is 1. The van der Waals surface area contributed by atoms with E-state index in [1.54, 1.807) is 6.26 Å². The smallest absolute Gasteiger partial charge is 0.231 e. The van der Waals surface area contributed by atoms with Crippen molar-refractivity contribution >= 4 is 0 Å². The lowest BCUT2D eigenvalue weighted by Gasteiger charge is -1.98. The number of aromatic nitrogens is 1. The van der Waals surface area contributed by atoms with Crippen molar-refractivity contribution in [2.45, 2.75) is 6.54 Å². The van der Waals surface area contributed by atoms with Crippen molar-refractivity contribution in [1.29, 1.82) is 0 Å². The molecule has 0 amide bonds. The molecular formula is C11H10N2O3. The predicted octanol–water partition coefficient (Wildman–Crippen LogP) is 1.53. The molecule has 82 valence electrons. The Hall–Kier alpha value is -2.01. The molecule has 0 saturated carbocycles. The molecule has 0 atom stereocenters. The highest BCUT2D eigenvalue weighted by Gasteiger charge is 2.15. The van der Waals surface area contributed by atoms with E-state index < -0.39 is 0 Å². The maximum Gasteiger partial charge on any atom is 0.231 e. The average Bonchev–Trinajstić information content (AvgIpc) is 2.96. The summed E-state index contributed by atoms with van der Waals surface area (Å²) in [6.07, 6.45) is 1.56. The van der Waals surface area contributed by atoms with Crippen LogP contribution in [0.2, 0.25) is 0 Å². The van der Waals surface area contributed by atoms with Gasteiger partial charge in [0.2, 0.25) is 12.7 Å². The van der Waals surface area contributed by atoms with E-state index in [-0.39, 0.29) is 6.79 Å². The van der Waals surface area contributed by atoms with Gasteiger partial charge in [0.15, 0.2) is 11.5 Å². The van der Waals surface area contributed by atoms with E-state index in [1.807, 2.05) is 18.2 Å². The number of hydrogen-bond acceptors (Lipinski definition) is 5. The number of fused-ring (bicyclic) bond motifs is 1. The van der Waals surface area contributed by atoms with E-state index in [4.69, 9.17) is 19.6 Å². The molecule has 16 heavy (non-hydrogen) atoms. The molecule has 2 aromatic rings. The third-order valence-corrected chi connectivity index (χ3v) is 2.38. The van der Waals surface area contributed by atoms with E-state index in [2.05, 4.69) is 4.98 Å². The third kappa shape index (κ3) is 1.42. The van der Waals surface area contributed by atoms with Crippen LogP contribution in [0.3, 0.4) is 0 Å². The largest absolute Gasteiger partial charge is 0.454 e. The van der Waals surface area contributed by atoms with E-state index >= 15 is 0 Å². The molecular weight excluding hydrogens is 208 g/mol. The molecule has 2 heterocycles. The molecule has 5 nitrogen and oxygen atoms in total. The SMILES string of the molecule is NCc1coc(-c2ccc3c(c2)OCO3)n1. The van der Waals surface area contributed by atoms with Crippen LogP contribution in [0.1, 0.15) is 5.69 Å². The molecule has 0 bridgehead atoms. The molecule has 0 saturated heterocycles. The van der Waals surface area contributed by atoms with Gasteiger partial charge in [0.25, 0.3) is 0 Å². The fourth-order valence-electron chi connectivity index (χ4n) is 1.56. The van der Waals surface area contributed by atoms with Gasteiger partial charge in [-0.2, -0.15) is 0 Å². The van der Waals surface area contributed by atoms with Crippen molar-refractivity contribution in [3.05, 3.63) is 30.2 Å². The van der Waals surface area contributed by atoms with Gasteiger partial charge in [-0.25, -0.2) is 4.98 Å². The first-order valence-electron chi connectivity index (χ1n) is 4.91. The quantitative estimate of drug-likeness (QED) is 0.827. The van der Waals surface area contributed by atoms with Crippen LogP contribution in [0.25, 0.3) is 11.5 Å². The minimum Gasteiger partial charge on any atom is -0.454 e. The van der Waals surface area contributed by atoms with Gasteiger partial charge in [0.05, 0.1) is 5.69 Å². The van der Waals surface area contributed by atoms with Crippen LogP contribution >= 0.6 is 0 Å². The van der Waals surface area contributed by atoms with Crippen LogP contribution in [0.15, 0.2) is 28.9 Å². The summed E-state index contributed by atoms with van der Waals surface area (Å²) < 4.78 is 15.8.